The molecule has 4 heteroatoms. The Balaban J connectivity index is 3.99. The first kappa shape index (κ1) is 11.6. The largest absolute Gasteiger partial charge is 0.469 e. The molecule has 0 fully saturated rings. The summed E-state index contributed by atoms with van der Waals surface area (Å²) in [6.45, 7) is 6.05. The predicted octanol–water partition coefficient (Wildman–Crippen LogP) is 1.65. The van der Waals surface area contributed by atoms with Crippen molar-refractivity contribution in [2.24, 2.45) is 5.92 Å². The topological polar surface area (TPSA) is 35.5 Å². The average molecular weight is 190 g/mol. The zero-order chi connectivity index (χ0) is 9.78. The van der Waals surface area contributed by atoms with Crippen molar-refractivity contribution in [2.75, 3.05) is 14.2 Å². The quantitative estimate of drug-likeness (QED) is 0.499. The molecular formula is C8H18O3Si. The van der Waals surface area contributed by atoms with Crippen LogP contribution in [-0.2, 0) is 14.0 Å². The Bertz CT molecular complexity index is 156. The van der Waals surface area contributed by atoms with Crippen LogP contribution in [0.4, 0.5) is 0 Å². The summed E-state index contributed by atoms with van der Waals surface area (Å²) in [6, 6.07) is 0.816. The average Bonchev–Trinajstić information content (AvgIpc) is 2.02. The number of esters is 1. The van der Waals surface area contributed by atoms with E-state index in [2.05, 4.69) is 17.8 Å². The number of methoxy groups -OCH3 is 1. The van der Waals surface area contributed by atoms with E-state index in [1.807, 2.05) is 6.92 Å². The number of hydrogen-bond acceptors (Lipinski definition) is 3. The van der Waals surface area contributed by atoms with Crippen molar-refractivity contribution >= 4 is 14.3 Å². The first-order valence-corrected chi connectivity index (χ1v) is 7.17. The zero-order valence-electron chi connectivity index (χ0n) is 8.51. The minimum Gasteiger partial charge on any atom is -0.469 e. The van der Waals surface area contributed by atoms with E-state index in [9.17, 15) is 4.79 Å². The molecule has 0 radical (unpaired) electrons. The molecule has 72 valence electrons. The summed E-state index contributed by atoms with van der Waals surface area (Å²) in [4.78, 5) is 11.0. The summed E-state index contributed by atoms with van der Waals surface area (Å²) in [5.41, 5.74) is 0. The summed E-state index contributed by atoms with van der Waals surface area (Å²) < 4.78 is 9.96. The minimum atomic E-state index is -1.62. The van der Waals surface area contributed by atoms with Crippen molar-refractivity contribution in [3.8, 4) is 0 Å². The van der Waals surface area contributed by atoms with Crippen LogP contribution in [0.15, 0.2) is 0 Å². The molecule has 0 bridgehead atoms. The summed E-state index contributed by atoms with van der Waals surface area (Å²) in [5, 5.41) is 0. The third-order valence-electron chi connectivity index (χ3n) is 1.95. The van der Waals surface area contributed by atoms with Crippen molar-refractivity contribution in [3.63, 3.8) is 0 Å². The van der Waals surface area contributed by atoms with Gasteiger partial charge >= 0.3 is 5.97 Å². The number of carbonyl (C=O) groups is 1. The maximum Gasteiger partial charge on any atom is 0.308 e. The van der Waals surface area contributed by atoms with Crippen molar-refractivity contribution in [3.05, 3.63) is 0 Å². The van der Waals surface area contributed by atoms with Gasteiger partial charge < -0.3 is 9.16 Å². The van der Waals surface area contributed by atoms with Crippen LogP contribution in [0.1, 0.15) is 6.92 Å². The van der Waals surface area contributed by atoms with E-state index in [4.69, 9.17) is 4.43 Å². The van der Waals surface area contributed by atoms with Crippen LogP contribution in [0.5, 0.6) is 0 Å². The molecule has 12 heavy (non-hydrogen) atoms. The van der Waals surface area contributed by atoms with Gasteiger partial charge in [0.2, 0.25) is 0 Å². The second-order valence-corrected chi connectivity index (χ2v) is 7.93. The molecular weight excluding hydrogens is 172 g/mol. The third kappa shape index (κ3) is 3.87. The summed E-state index contributed by atoms with van der Waals surface area (Å²) >= 11 is 0. The van der Waals surface area contributed by atoms with Crippen LogP contribution in [0.2, 0.25) is 19.1 Å². The highest BCUT2D eigenvalue weighted by atomic mass is 28.4. The highest BCUT2D eigenvalue weighted by Crippen LogP contribution is 2.17. The molecule has 0 aromatic heterocycles. The molecule has 3 nitrogen and oxygen atoms in total. The van der Waals surface area contributed by atoms with Crippen LogP contribution in [0.3, 0.4) is 0 Å². The predicted molar refractivity (Wildman–Crippen MR) is 50.5 cm³/mol. The molecule has 0 aromatic carbocycles. The lowest BCUT2D eigenvalue weighted by Gasteiger charge is -2.22. The normalized spacial score (nSPS) is 14.1. The van der Waals surface area contributed by atoms with Gasteiger partial charge in [-0.2, -0.15) is 0 Å². The second kappa shape index (κ2) is 4.62. The Morgan fingerprint density at radius 3 is 2.25 bits per heavy atom. The lowest BCUT2D eigenvalue weighted by Crippen LogP contribution is -2.33. The molecule has 0 aliphatic carbocycles. The van der Waals surface area contributed by atoms with E-state index in [0.29, 0.717) is 0 Å². The van der Waals surface area contributed by atoms with Crippen molar-refractivity contribution in [1.82, 2.24) is 0 Å². The highest BCUT2D eigenvalue weighted by molar-refractivity contribution is 6.71. The van der Waals surface area contributed by atoms with E-state index in [-0.39, 0.29) is 11.9 Å². The molecule has 0 heterocycles. The van der Waals surface area contributed by atoms with Crippen molar-refractivity contribution < 1.29 is 14.0 Å². The summed E-state index contributed by atoms with van der Waals surface area (Å²) in [7, 11) is 1.50. The maximum absolute atomic E-state index is 11.0. The van der Waals surface area contributed by atoms with Crippen LogP contribution >= 0.6 is 0 Å². The summed E-state index contributed by atoms with van der Waals surface area (Å²) in [5.74, 6) is -0.191. The Kier molecular flexibility index (Phi) is 4.48. The van der Waals surface area contributed by atoms with Crippen LogP contribution in [0.25, 0.3) is 0 Å². The number of ether oxygens (including phenoxy) is 1. The van der Waals surface area contributed by atoms with Gasteiger partial charge in [0.15, 0.2) is 8.32 Å². The third-order valence-corrected chi connectivity index (χ3v) is 4.65. The fourth-order valence-electron chi connectivity index (χ4n) is 1.11. The van der Waals surface area contributed by atoms with Gasteiger partial charge in [0.05, 0.1) is 13.0 Å². The molecule has 1 unspecified atom stereocenters. The Morgan fingerprint density at radius 2 is 1.92 bits per heavy atom. The first-order valence-electron chi connectivity index (χ1n) is 4.06. The van der Waals surface area contributed by atoms with Gasteiger partial charge in [-0.15, -0.1) is 0 Å². The van der Waals surface area contributed by atoms with E-state index < -0.39 is 8.32 Å². The molecule has 0 saturated carbocycles. The lowest BCUT2D eigenvalue weighted by molar-refractivity contribution is -0.144. The standard InChI is InChI=1S/C8H18O3Si/c1-7(8(9)10-2)6-12(4,5)11-3/h7H,6H2,1-5H3. The van der Waals surface area contributed by atoms with Gasteiger partial charge in [0.25, 0.3) is 0 Å². The Labute approximate surface area is 75.2 Å². The second-order valence-electron chi connectivity index (χ2n) is 3.59. The zero-order valence-corrected chi connectivity index (χ0v) is 9.51. The molecule has 0 saturated heterocycles. The molecule has 1 atom stereocenters. The minimum absolute atomic E-state index is 0.0448. The molecule has 0 aromatic rings. The Morgan fingerprint density at radius 1 is 1.42 bits per heavy atom. The van der Waals surface area contributed by atoms with Gasteiger partial charge in [-0.3, -0.25) is 4.79 Å². The van der Waals surface area contributed by atoms with E-state index >= 15 is 0 Å². The van der Waals surface area contributed by atoms with Gasteiger partial charge in [-0.1, -0.05) is 6.92 Å². The van der Waals surface area contributed by atoms with Gasteiger partial charge in [0.1, 0.15) is 0 Å². The van der Waals surface area contributed by atoms with E-state index in [0.717, 1.165) is 6.04 Å². The fraction of sp³-hybridized carbons (Fsp3) is 0.875. The first-order chi connectivity index (χ1) is 5.43. The number of rotatable bonds is 4. The van der Waals surface area contributed by atoms with Crippen molar-refractivity contribution in [2.45, 2.75) is 26.1 Å². The van der Waals surface area contributed by atoms with Gasteiger partial charge in [-0.25, -0.2) is 0 Å². The maximum atomic E-state index is 11.0. The van der Waals surface area contributed by atoms with Gasteiger partial charge in [0, 0.05) is 7.11 Å². The molecule has 0 aliphatic rings. The Hall–Kier alpha value is -0.353. The van der Waals surface area contributed by atoms with Gasteiger partial charge in [-0.05, 0) is 19.1 Å². The van der Waals surface area contributed by atoms with E-state index in [1.54, 1.807) is 7.11 Å². The molecule has 0 rings (SSSR count). The molecule has 0 spiro atoms. The van der Waals surface area contributed by atoms with Crippen LogP contribution < -0.4 is 0 Å². The fourth-order valence-corrected chi connectivity index (χ4v) is 2.91. The van der Waals surface area contributed by atoms with Crippen LogP contribution in [-0.4, -0.2) is 28.5 Å². The van der Waals surface area contributed by atoms with E-state index in [1.165, 1.54) is 7.11 Å². The molecule has 0 N–H and O–H groups in total. The van der Waals surface area contributed by atoms with Crippen molar-refractivity contribution in [1.29, 1.82) is 0 Å². The summed E-state index contributed by atoms with van der Waals surface area (Å²) in [6.07, 6.45) is 0. The van der Waals surface area contributed by atoms with Crippen LogP contribution in [0, 0.1) is 5.92 Å². The molecule has 0 aliphatic heterocycles. The molecule has 0 amide bonds. The number of carbonyl (C=O) groups excluding carboxylic acids is 1. The monoisotopic (exact) mass is 190 g/mol. The lowest BCUT2D eigenvalue weighted by atomic mass is 10.2. The number of hydrogen-bond donors (Lipinski definition) is 0. The highest BCUT2D eigenvalue weighted by Gasteiger charge is 2.27. The smallest absolute Gasteiger partial charge is 0.308 e. The SMILES string of the molecule is COC(=O)C(C)C[Si](C)(C)OC.